The lowest BCUT2D eigenvalue weighted by Gasteiger charge is -2.11. The molecule has 0 bridgehead atoms. The van der Waals surface area contributed by atoms with E-state index in [0.717, 1.165) is 33.5 Å². The van der Waals surface area contributed by atoms with Gasteiger partial charge < -0.3 is 9.64 Å². The molecule has 7 heteroatoms. The molecule has 0 fully saturated rings. The normalized spacial score (nSPS) is 11.4. The molecule has 0 radical (unpaired) electrons. The molecule has 1 aromatic heterocycles. The van der Waals surface area contributed by atoms with Crippen molar-refractivity contribution in [2.24, 2.45) is 10.2 Å². The number of carbonyl (C=O) groups is 1. The molecule has 0 spiro atoms. The number of anilines is 1. The third-order valence-corrected chi connectivity index (χ3v) is 7.23. The number of fused-ring (bicyclic) bond motifs is 1. The van der Waals surface area contributed by atoms with Crippen molar-refractivity contribution in [2.45, 2.75) is 39.0 Å². The summed E-state index contributed by atoms with van der Waals surface area (Å²) in [4.78, 5) is 15.3. The van der Waals surface area contributed by atoms with Crippen LogP contribution < -0.4 is 4.90 Å². The average Bonchev–Trinajstić information content (AvgIpc) is 3.32. The van der Waals surface area contributed by atoms with Crippen LogP contribution in [-0.4, -0.2) is 26.7 Å². The molecule has 0 aliphatic carbocycles. The minimum absolute atomic E-state index is 0.315. The molecule has 0 atom stereocenters. The van der Waals surface area contributed by atoms with Crippen LogP contribution in [0.4, 0.5) is 21.5 Å². The van der Waals surface area contributed by atoms with Crippen LogP contribution in [0.3, 0.4) is 0 Å². The van der Waals surface area contributed by atoms with Gasteiger partial charge in [0.15, 0.2) is 0 Å². The highest BCUT2D eigenvalue weighted by Gasteiger charge is 2.13. The number of hydrogen-bond acceptors (Lipinski definition) is 6. The molecule has 37 heavy (non-hydrogen) atoms. The first-order valence-electron chi connectivity index (χ1n) is 12.6. The van der Waals surface area contributed by atoms with E-state index in [1.807, 2.05) is 61.5 Å². The molecule has 0 saturated carbocycles. The third kappa shape index (κ3) is 7.01. The molecular weight excluding hydrogens is 485 g/mol. The zero-order valence-electron chi connectivity index (χ0n) is 21.5. The number of hydrogen-bond donors (Lipinski definition) is 0. The highest BCUT2D eigenvalue weighted by atomic mass is 32.1. The Hall–Kier alpha value is -3.58. The van der Waals surface area contributed by atoms with E-state index in [-0.39, 0.29) is 11.8 Å². The standard InChI is InChI=1S/C30H32FN3O2S/c1-4-5-6-7-8-17-36-30(35)22-10-9-21-18-29(37-28(21)19-22)26-16-13-24(20-27(26)31)33-32-23-11-14-25(15-12-23)34(2)3/h9-16,18-20H,4-8,17H2,1-3H3. The summed E-state index contributed by atoms with van der Waals surface area (Å²) in [6.07, 6.45) is 5.53. The molecule has 3 aromatic carbocycles. The van der Waals surface area contributed by atoms with Crippen LogP contribution in [0.5, 0.6) is 0 Å². The first-order valence-corrected chi connectivity index (χ1v) is 13.5. The van der Waals surface area contributed by atoms with E-state index in [1.54, 1.807) is 18.2 Å². The minimum atomic E-state index is -0.367. The fourth-order valence-electron chi connectivity index (χ4n) is 3.94. The molecule has 0 amide bonds. The van der Waals surface area contributed by atoms with Crippen molar-refractivity contribution in [1.29, 1.82) is 0 Å². The van der Waals surface area contributed by atoms with Crippen LogP contribution in [-0.2, 0) is 4.74 Å². The van der Waals surface area contributed by atoms with Gasteiger partial charge in [0.2, 0.25) is 0 Å². The van der Waals surface area contributed by atoms with E-state index in [9.17, 15) is 4.79 Å². The molecule has 4 aromatic rings. The summed E-state index contributed by atoms with van der Waals surface area (Å²) in [7, 11) is 3.95. The van der Waals surface area contributed by atoms with E-state index >= 15 is 4.39 Å². The Labute approximate surface area is 221 Å². The molecule has 4 rings (SSSR count). The van der Waals surface area contributed by atoms with Gasteiger partial charge in [0.25, 0.3) is 0 Å². The lowest BCUT2D eigenvalue weighted by Crippen LogP contribution is -2.07. The number of benzene rings is 3. The fourth-order valence-corrected chi connectivity index (χ4v) is 5.07. The number of ether oxygens (including phenoxy) is 1. The first-order chi connectivity index (χ1) is 17.9. The highest BCUT2D eigenvalue weighted by molar-refractivity contribution is 7.22. The Morgan fingerprint density at radius 1 is 0.892 bits per heavy atom. The van der Waals surface area contributed by atoms with Crippen molar-refractivity contribution >= 4 is 44.5 Å². The van der Waals surface area contributed by atoms with Crippen LogP contribution in [0.2, 0.25) is 0 Å². The van der Waals surface area contributed by atoms with Gasteiger partial charge in [-0.15, -0.1) is 11.3 Å². The average molecular weight is 518 g/mol. The van der Waals surface area contributed by atoms with Gasteiger partial charge in [-0.05, 0) is 66.4 Å². The van der Waals surface area contributed by atoms with Gasteiger partial charge >= 0.3 is 5.97 Å². The Morgan fingerprint density at radius 3 is 2.35 bits per heavy atom. The van der Waals surface area contributed by atoms with Crippen LogP contribution in [0.25, 0.3) is 20.5 Å². The summed E-state index contributed by atoms with van der Waals surface area (Å²) in [6.45, 7) is 2.61. The zero-order valence-corrected chi connectivity index (χ0v) is 22.4. The second-order valence-corrected chi connectivity index (χ2v) is 10.3. The third-order valence-electron chi connectivity index (χ3n) is 6.10. The molecule has 0 unspecified atom stereocenters. The van der Waals surface area contributed by atoms with Crippen molar-refractivity contribution in [2.75, 3.05) is 25.6 Å². The Morgan fingerprint density at radius 2 is 1.62 bits per heavy atom. The van der Waals surface area contributed by atoms with Crippen molar-refractivity contribution < 1.29 is 13.9 Å². The molecule has 0 N–H and O–H groups in total. The maximum atomic E-state index is 15.0. The summed E-state index contributed by atoms with van der Waals surface area (Å²) >= 11 is 1.45. The molecule has 1 heterocycles. The number of unbranched alkanes of at least 4 members (excludes halogenated alkanes) is 4. The maximum absolute atomic E-state index is 15.0. The molecule has 5 nitrogen and oxygen atoms in total. The Bertz CT molecular complexity index is 1380. The van der Waals surface area contributed by atoms with Crippen molar-refractivity contribution in [1.82, 2.24) is 0 Å². The summed E-state index contributed by atoms with van der Waals surface area (Å²) in [6, 6.07) is 19.9. The summed E-state index contributed by atoms with van der Waals surface area (Å²) in [5.41, 5.74) is 3.22. The van der Waals surface area contributed by atoms with Gasteiger partial charge in [0.1, 0.15) is 5.82 Å². The van der Waals surface area contributed by atoms with Gasteiger partial charge in [-0.2, -0.15) is 10.2 Å². The summed E-state index contributed by atoms with van der Waals surface area (Å²) in [5, 5.41) is 9.37. The Balaban J connectivity index is 1.43. The molecule has 0 saturated heterocycles. The minimum Gasteiger partial charge on any atom is -0.462 e. The predicted molar refractivity (Wildman–Crippen MR) is 151 cm³/mol. The van der Waals surface area contributed by atoms with Gasteiger partial charge in [-0.25, -0.2) is 9.18 Å². The van der Waals surface area contributed by atoms with Gasteiger partial charge in [0.05, 0.1) is 23.5 Å². The summed E-state index contributed by atoms with van der Waals surface area (Å²) in [5.74, 6) is -0.682. The highest BCUT2D eigenvalue weighted by Crippen LogP contribution is 2.36. The van der Waals surface area contributed by atoms with Gasteiger partial charge in [-0.1, -0.05) is 38.7 Å². The Kier molecular flexibility index (Phi) is 9.01. The van der Waals surface area contributed by atoms with E-state index < -0.39 is 0 Å². The quantitative estimate of drug-likeness (QED) is 0.113. The molecular formula is C30H32FN3O2S. The number of carbonyl (C=O) groups excluding carboxylic acids is 1. The van der Waals surface area contributed by atoms with Crippen LogP contribution >= 0.6 is 11.3 Å². The number of esters is 1. The fraction of sp³-hybridized carbons (Fsp3) is 0.300. The number of halogens is 1. The first kappa shape index (κ1) is 26.5. The second kappa shape index (κ2) is 12.6. The number of nitrogens with zero attached hydrogens (tertiary/aromatic N) is 3. The second-order valence-electron chi connectivity index (χ2n) is 9.19. The number of rotatable bonds is 11. The largest absolute Gasteiger partial charge is 0.462 e. The maximum Gasteiger partial charge on any atom is 0.338 e. The van der Waals surface area contributed by atoms with Gasteiger partial charge in [-0.3, -0.25) is 0 Å². The van der Waals surface area contributed by atoms with Crippen molar-refractivity contribution in [3.8, 4) is 10.4 Å². The van der Waals surface area contributed by atoms with Crippen molar-refractivity contribution in [3.63, 3.8) is 0 Å². The van der Waals surface area contributed by atoms with E-state index in [1.165, 1.54) is 36.7 Å². The molecule has 0 aliphatic heterocycles. The number of thiophene rings is 1. The van der Waals surface area contributed by atoms with Crippen molar-refractivity contribution in [3.05, 3.63) is 78.1 Å². The molecule has 0 aliphatic rings. The van der Waals surface area contributed by atoms with Gasteiger partial charge in [0, 0.05) is 41.0 Å². The lowest BCUT2D eigenvalue weighted by atomic mass is 10.1. The smallest absolute Gasteiger partial charge is 0.338 e. The lowest BCUT2D eigenvalue weighted by molar-refractivity contribution is 0.0498. The SMILES string of the molecule is CCCCCCCOC(=O)c1ccc2cc(-c3ccc(N=Nc4ccc(N(C)C)cc4)cc3F)sc2c1. The zero-order chi connectivity index (χ0) is 26.2. The monoisotopic (exact) mass is 517 g/mol. The van der Waals surface area contributed by atoms with Crippen LogP contribution in [0.1, 0.15) is 49.4 Å². The van der Waals surface area contributed by atoms with Crippen LogP contribution in [0, 0.1) is 5.82 Å². The topological polar surface area (TPSA) is 54.3 Å². The number of azo groups is 1. The van der Waals surface area contributed by atoms with E-state index in [4.69, 9.17) is 4.74 Å². The molecule has 192 valence electrons. The summed E-state index contributed by atoms with van der Waals surface area (Å²) < 4.78 is 21.4. The van der Waals surface area contributed by atoms with Crippen LogP contribution in [0.15, 0.2) is 77.0 Å². The van der Waals surface area contributed by atoms with E-state index in [2.05, 4.69) is 17.2 Å². The predicted octanol–water partition coefficient (Wildman–Crippen LogP) is 9.32. The van der Waals surface area contributed by atoms with E-state index in [0.29, 0.717) is 29.1 Å².